The van der Waals surface area contributed by atoms with Crippen LogP contribution in [0.2, 0.25) is 16.6 Å². The Morgan fingerprint density at radius 1 is 0.788 bits per heavy atom. The van der Waals surface area contributed by atoms with Gasteiger partial charge in [-0.1, -0.05) is 41.5 Å². The van der Waals surface area contributed by atoms with Gasteiger partial charge in [0, 0.05) is 16.8 Å². The van der Waals surface area contributed by atoms with E-state index < -0.39 is 44.1 Å². The molecule has 1 aliphatic rings. The largest absolute Gasteiger partial charge is 0.543 e. The predicted octanol–water partition coefficient (Wildman–Crippen LogP) is 7.11. The summed E-state index contributed by atoms with van der Waals surface area (Å²) in [5.41, 5.74) is -0.323. The maximum Gasteiger partial charge on any atom is 0.495 e. The lowest BCUT2D eigenvalue weighted by Crippen LogP contribution is -2.51. The maximum absolute atomic E-state index is 15.0. The molecule has 0 bridgehead atoms. The zero-order valence-corrected chi connectivity index (χ0v) is 22.4. The van der Waals surface area contributed by atoms with Crippen molar-refractivity contribution in [3.8, 4) is 5.75 Å². The molecule has 0 radical (unpaired) electrons. The highest BCUT2D eigenvalue weighted by molar-refractivity contribution is 6.78. The average Bonchev–Trinajstić information content (AvgIpc) is 2.90. The highest BCUT2D eigenvalue weighted by atomic mass is 28.4. The summed E-state index contributed by atoms with van der Waals surface area (Å²) in [5.74, 6) is -2.79. The van der Waals surface area contributed by atoms with Gasteiger partial charge in [-0.15, -0.1) is 0 Å². The fraction of sp³-hybridized carbons (Fsp3) is 0.600. The Kier molecular flexibility index (Phi) is 6.81. The molecule has 0 unspecified atom stereocenters. The molecule has 182 valence electrons. The van der Waals surface area contributed by atoms with E-state index in [0.29, 0.717) is 11.8 Å². The van der Waals surface area contributed by atoms with E-state index in [1.807, 2.05) is 27.7 Å². The molecule has 0 N–H and O–H groups in total. The van der Waals surface area contributed by atoms with Crippen LogP contribution in [0, 0.1) is 17.5 Å². The first-order chi connectivity index (χ1) is 15.0. The van der Waals surface area contributed by atoms with Gasteiger partial charge >= 0.3 is 7.12 Å². The fourth-order valence-electron chi connectivity index (χ4n) is 5.21. The van der Waals surface area contributed by atoms with Gasteiger partial charge in [-0.25, -0.2) is 13.2 Å². The second-order valence-corrected chi connectivity index (χ2v) is 16.5. The van der Waals surface area contributed by atoms with E-state index >= 15 is 4.39 Å². The first-order valence-corrected chi connectivity index (χ1v) is 13.8. The van der Waals surface area contributed by atoms with Crippen LogP contribution in [-0.4, -0.2) is 26.6 Å². The second kappa shape index (κ2) is 8.61. The third-order valence-corrected chi connectivity index (χ3v) is 13.6. The van der Waals surface area contributed by atoms with Crippen LogP contribution in [0.25, 0.3) is 10.8 Å². The minimum atomic E-state index is -2.39. The number of hydrogen-bond donors (Lipinski definition) is 0. The molecule has 0 aromatic heterocycles. The van der Waals surface area contributed by atoms with Gasteiger partial charge in [-0.05, 0) is 61.9 Å². The molecule has 0 aliphatic carbocycles. The van der Waals surface area contributed by atoms with E-state index in [1.54, 1.807) is 6.07 Å². The summed E-state index contributed by atoms with van der Waals surface area (Å²) < 4.78 is 63.3. The van der Waals surface area contributed by atoms with Gasteiger partial charge in [0.2, 0.25) is 0 Å². The number of fused-ring (bicyclic) bond motifs is 1. The van der Waals surface area contributed by atoms with Crippen molar-refractivity contribution in [3.63, 3.8) is 0 Å². The first kappa shape index (κ1) is 26.1. The molecule has 0 amide bonds. The Hall–Kier alpha value is -1.51. The smallest absolute Gasteiger partial charge is 0.495 e. The monoisotopic (exact) mass is 480 g/mol. The zero-order valence-electron chi connectivity index (χ0n) is 21.4. The van der Waals surface area contributed by atoms with Crippen molar-refractivity contribution in [3.05, 3.63) is 35.7 Å². The zero-order chi connectivity index (χ0) is 25.1. The summed E-state index contributed by atoms with van der Waals surface area (Å²) in [6.45, 7) is 20.4. The number of hydrogen-bond acceptors (Lipinski definition) is 3. The molecular weight excluding hydrogens is 444 g/mol. The molecule has 1 fully saturated rings. The Morgan fingerprint density at radius 3 is 1.73 bits per heavy atom. The van der Waals surface area contributed by atoms with Gasteiger partial charge in [0.05, 0.1) is 11.2 Å². The predicted molar refractivity (Wildman–Crippen MR) is 131 cm³/mol. The molecule has 1 saturated heterocycles. The summed E-state index contributed by atoms with van der Waals surface area (Å²) >= 11 is 0. The standard InChI is InChI=1S/C25H36BF3O3Si/c1-14(2)33(15(3)4,16(5)6)30-17-11-18-20(27)13-21(28)23(29)22(18)19(12-17)26-31-24(7,8)25(9,10)32-26/h11-16H,1-10H3. The van der Waals surface area contributed by atoms with Crippen LogP contribution in [0.15, 0.2) is 18.2 Å². The third kappa shape index (κ3) is 4.23. The fourth-order valence-corrected chi connectivity index (χ4v) is 10.4. The van der Waals surface area contributed by atoms with Crippen molar-refractivity contribution in [2.24, 2.45) is 0 Å². The Labute approximate surface area is 197 Å². The normalized spacial score (nSPS) is 18.2. The lowest BCUT2D eigenvalue weighted by molar-refractivity contribution is 0.00578. The van der Waals surface area contributed by atoms with Gasteiger partial charge in [-0.2, -0.15) is 0 Å². The maximum atomic E-state index is 15.0. The average molecular weight is 480 g/mol. The van der Waals surface area contributed by atoms with Gasteiger partial charge in [-0.3, -0.25) is 0 Å². The highest BCUT2D eigenvalue weighted by Crippen LogP contribution is 2.44. The van der Waals surface area contributed by atoms with Gasteiger partial charge in [0.1, 0.15) is 11.6 Å². The van der Waals surface area contributed by atoms with Crippen molar-refractivity contribution in [1.82, 2.24) is 0 Å². The molecule has 1 heterocycles. The molecule has 33 heavy (non-hydrogen) atoms. The van der Waals surface area contributed by atoms with Crippen molar-refractivity contribution in [2.45, 2.75) is 97.1 Å². The molecule has 1 aliphatic heterocycles. The summed E-state index contributed by atoms with van der Waals surface area (Å²) in [6, 6.07) is 3.70. The molecular formula is C25H36BF3O3Si. The van der Waals surface area contributed by atoms with E-state index in [9.17, 15) is 8.78 Å². The molecule has 3 nitrogen and oxygen atoms in total. The van der Waals surface area contributed by atoms with Crippen molar-refractivity contribution in [2.75, 3.05) is 0 Å². The molecule has 0 spiro atoms. The van der Waals surface area contributed by atoms with E-state index in [-0.39, 0.29) is 32.9 Å². The lowest BCUT2D eigenvalue weighted by Gasteiger charge is -2.42. The first-order valence-electron chi connectivity index (χ1n) is 11.7. The highest BCUT2D eigenvalue weighted by Gasteiger charge is 2.53. The molecule has 0 saturated carbocycles. The molecule has 0 atom stereocenters. The summed E-state index contributed by atoms with van der Waals surface area (Å²) in [7, 11) is -3.38. The van der Waals surface area contributed by atoms with Crippen LogP contribution in [0.5, 0.6) is 5.75 Å². The van der Waals surface area contributed by atoms with E-state index in [1.165, 1.54) is 6.07 Å². The van der Waals surface area contributed by atoms with E-state index in [0.717, 1.165) is 0 Å². The summed E-state index contributed by atoms with van der Waals surface area (Å²) in [4.78, 5) is 0. The molecule has 2 aromatic rings. The number of halogens is 3. The minimum absolute atomic E-state index is 0.0460. The van der Waals surface area contributed by atoms with E-state index in [4.69, 9.17) is 13.7 Å². The van der Waals surface area contributed by atoms with Crippen LogP contribution >= 0.6 is 0 Å². The Balaban J connectivity index is 2.28. The minimum Gasteiger partial charge on any atom is -0.543 e. The topological polar surface area (TPSA) is 27.7 Å². The van der Waals surface area contributed by atoms with Crippen LogP contribution in [0.4, 0.5) is 13.2 Å². The molecule has 8 heteroatoms. The Morgan fingerprint density at radius 2 is 1.27 bits per heavy atom. The van der Waals surface area contributed by atoms with Gasteiger partial charge in [0.25, 0.3) is 8.32 Å². The van der Waals surface area contributed by atoms with Crippen LogP contribution in [0.3, 0.4) is 0 Å². The SMILES string of the molecule is CC(C)[Si](Oc1cc(B2OC(C)(C)C(C)(C)O2)c2c(F)c(F)cc(F)c2c1)(C(C)C)C(C)C. The summed E-state index contributed by atoms with van der Waals surface area (Å²) in [5, 5.41) is -0.223. The number of benzene rings is 2. The van der Waals surface area contributed by atoms with Crippen LogP contribution in [0.1, 0.15) is 69.2 Å². The second-order valence-electron chi connectivity index (χ2n) is 11.1. The quantitative estimate of drug-likeness (QED) is 0.326. The van der Waals surface area contributed by atoms with Crippen molar-refractivity contribution >= 4 is 31.7 Å². The third-order valence-electron chi connectivity index (χ3n) is 7.59. The van der Waals surface area contributed by atoms with Gasteiger partial charge in [0.15, 0.2) is 11.6 Å². The van der Waals surface area contributed by atoms with Crippen LogP contribution < -0.4 is 9.89 Å². The van der Waals surface area contributed by atoms with Crippen LogP contribution in [-0.2, 0) is 9.31 Å². The molecule has 2 aromatic carbocycles. The lowest BCUT2D eigenvalue weighted by atomic mass is 9.75. The Bertz CT molecular complexity index is 1020. The molecule has 3 rings (SSSR count). The number of rotatable bonds is 6. The van der Waals surface area contributed by atoms with Crippen molar-refractivity contribution in [1.29, 1.82) is 0 Å². The summed E-state index contributed by atoms with van der Waals surface area (Å²) in [6.07, 6.45) is 0. The van der Waals surface area contributed by atoms with E-state index in [2.05, 4.69) is 41.5 Å². The van der Waals surface area contributed by atoms with Crippen molar-refractivity contribution < 1.29 is 26.9 Å². The van der Waals surface area contributed by atoms with Gasteiger partial charge < -0.3 is 13.7 Å².